The van der Waals surface area contributed by atoms with Gasteiger partial charge in [-0.2, -0.15) is 0 Å². The number of hydrogen-bond donors (Lipinski definition) is 1. The number of nitrogens with zero attached hydrogens (tertiary/aromatic N) is 1. The summed E-state index contributed by atoms with van der Waals surface area (Å²) in [7, 11) is 1.50. The number of carbonyl (C=O) groups is 1. The van der Waals surface area contributed by atoms with Crippen molar-refractivity contribution in [3.05, 3.63) is 24.3 Å². The topological polar surface area (TPSA) is 50.8 Å². The van der Waals surface area contributed by atoms with E-state index in [0.29, 0.717) is 0 Å². The number of rotatable bonds is 7. The largest absolute Gasteiger partial charge is 0.492 e. The maximum atomic E-state index is 11.4. The van der Waals surface area contributed by atoms with Crippen LogP contribution in [0, 0.1) is 11.8 Å². The lowest BCUT2D eigenvalue weighted by atomic mass is 9.77. The molecule has 0 unspecified atom stereocenters. The molecule has 1 saturated heterocycles. The molecule has 1 N–H and O–H groups in total. The van der Waals surface area contributed by atoms with Gasteiger partial charge in [-0.25, -0.2) is 0 Å². The van der Waals surface area contributed by atoms with Gasteiger partial charge >= 0.3 is 0 Å². The molecule has 1 heterocycles. The van der Waals surface area contributed by atoms with E-state index in [1.165, 1.54) is 33.0 Å². The molecular weight excluding hydrogens is 316 g/mol. The van der Waals surface area contributed by atoms with Crippen LogP contribution in [-0.4, -0.2) is 50.8 Å². The van der Waals surface area contributed by atoms with Gasteiger partial charge in [0.2, 0.25) is 5.91 Å². The van der Waals surface area contributed by atoms with E-state index >= 15 is 0 Å². The number of carbonyl (C=O) groups excluding carboxylic acids is 1. The van der Waals surface area contributed by atoms with Gasteiger partial charge < -0.3 is 14.8 Å². The Morgan fingerprint density at radius 1 is 1.22 bits per heavy atom. The summed E-state index contributed by atoms with van der Waals surface area (Å²) in [5.74, 6) is 2.59. The predicted molar refractivity (Wildman–Crippen MR) is 92.3 cm³/mol. The molecular formula is C17H25ClN2O3. The molecule has 2 fully saturated rings. The number of benzene rings is 1. The first-order valence-electron chi connectivity index (χ1n) is 7.98. The van der Waals surface area contributed by atoms with Crippen molar-refractivity contribution in [2.45, 2.75) is 12.8 Å². The van der Waals surface area contributed by atoms with Crippen molar-refractivity contribution in [2.75, 3.05) is 45.3 Å². The van der Waals surface area contributed by atoms with Crippen LogP contribution in [0.25, 0.3) is 0 Å². The molecule has 0 radical (unpaired) electrons. The van der Waals surface area contributed by atoms with Crippen LogP contribution in [0.1, 0.15) is 12.8 Å². The van der Waals surface area contributed by atoms with Crippen LogP contribution < -0.4 is 10.1 Å². The van der Waals surface area contributed by atoms with Gasteiger partial charge in [-0.15, -0.1) is 12.4 Å². The van der Waals surface area contributed by atoms with E-state index in [1.54, 1.807) is 0 Å². The zero-order valence-electron chi connectivity index (χ0n) is 13.5. The Morgan fingerprint density at radius 2 is 1.87 bits per heavy atom. The van der Waals surface area contributed by atoms with Gasteiger partial charge in [0.15, 0.2) is 0 Å². The molecule has 0 aromatic heterocycles. The summed E-state index contributed by atoms with van der Waals surface area (Å²) in [6, 6.07) is 7.46. The lowest BCUT2D eigenvalue weighted by molar-refractivity contribution is -0.119. The highest BCUT2D eigenvalue weighted by Gasteiger charge is 2.38. The molecule has 3 rings (SSSR count). The number of likely N-dealkylation sites (tertiary alicyclic amines) is 1. The Balaban J connectivity index is 0.00000192. The van der Waals surface area contributed by atoms with Gasteiger partial charge in [-0.3, -0.25) is 9.69 Å². The smallest absolute Gasteiger partial charge is 0.250 e. The van der Waals surface area contributed by atoms with Gasteiger partial charge in [0.05, 0.1) is 0 Å². The Kier molecular flexibility index (Phi) is 6.69. The lowest BCUT2D eigenvalue weighted by Crippen LogP contribution is -2.26. The standard InChI is InChI=1S/C17H24N2O3.ClH/c1-21-12-17(20)18-15-4-6-16(7-5-15)22-9-8-19-10-13-2-3-14(13)11-19;/h4-7,13-14H,2-3,8-12H2,1H3,(H,18,20);1H/t13-,14+;. The van der Waals surface area contributed by atoms with Crippen LogP contribution in [0.5, 0.6) is 5.75 Å². The van der Waals surface area contributed by atoms with Gasteiger partial charge in [0.25, 0.3) is 0 Å². The first kappa shape index (κ1) is 18.0. The predicted octanol–water partition coefficient (Wildman–Crippen LogP) is 2.41. The molecule has 0 bridgehead atoms. The maximum absolute atomic E-state index is 11.4. The molecule has 128 valence electrons. The van der Waals surface area contributed by atoms with Crippen molar-refractivity contribution in [1.82, 2.24) is 4.90 Å². The van der Waals surface area contributed by atoms with Crippen molar-refractivity contribution in [3.8, 4) is 5.75 Å². The number of ether oxygens (including phenoxy) is 2. The lowest BCUT2D eigenvalue weighted by Gasteiger charge is -2.28. The summed E-state index contributed by atoms with van der Waals surface area (Å²) >= 11 is 0. The van der Waals surface area contributed by atoms with E-state index < -0.39 is 0 Å². The molecule has 1 saturated carbocycles. The van der Waals surface area contributed by atoms with Gasteiger partial charge in [-0.05, 0) is 48.9 Å². The van der Waals surface area contributed by atoms with Gasteiger partial charge in [-0.1, -0.05) is 0 Å². The van der Waals surface area contributed by atoms with E-state index in [1.807, 2.05) is 24.3 Å². The highest BCUT2D eigenvalue weighted by Crippen LogP contribution is 2.40. The third-order valence-electron chi connectivity index (χ3n) is 4.65. The molecule has 1 aliphatic heterocycles. The summed E-state index contributed by atoms with van der Waals surface area (Å²) in [4.78, 5) is 13.9. The van der Waals surface area contributed by atoms with Gasteiger partial charge in [0, 0.05) is 32.4 Å². The highest BCUT2D eigenvalue weighted by molar-refractivity contribution is 5.91. The third kappa shape index (κ3) is 4.83. The van der Waals surface area contributed by atoms with E-state index in [4.69, 9.17) is 9.47 Å². The average Bonchev–Trinajstić information content (AvgIpc) is 2.77. The summed E-state index contributed by atoms with van der Waals surface area (Å²) in [6.07, 6.45) is 2.83. The van der Waals surface area contributed by atoms with E-state index in [0.717, 1.165) is 36.4 Å². The molecule has 23 heavy (non-hydrogen) atoms. The van der Waals surface area contributed by atoms with E-state index in [9.17, 15) is 4.79 Å². The Bertz CT molecular complexity index is 497. The molecule has 1 amide bonds. The number of fused-ring (bicyclic) bond motifs is 1. The first-order valence-corrected chi connectivity index (χ1v) is 7.98. The van der Waals surface area contributed by atoms with Crippen molar-refractivity contribution in [2.24, 2.45) is 11.8 Å². The number of amides is 1. The van der Waals surface area contributed by atoms with E-state index in [2.05, 4.69) is 10.2 Å². The summed E-state index contributed by atoms with van der Waals surface area (Å²) < 4.78 is 10.6. The van der Waals surface area contributed by atoms with Crippen LogP contribution in [0.2, 0.25) is 0 Å². The molecule has 1 aliphatic carbocycles. The van der Waals surface area contributed by atoms with Crippen molar-refractivity contribution in [3.63, 3.8) is 0 Å². The molecule has 2 atom stereocenters. The second-order valence-corrected chi connectivity index (χ2v) is 6.21. The fraction of sp³-hybridized carbons (Fsp3) is 0.588. The zero-order valence-corrected chi connectivity index (χ0v) is 14.3. The van der Waals surface area contributed by atoms with Crippen molar-refractivity contribution >= 4 is 24.0 Å². The number of nitrogens with one attached hydrogen (secondary N) is 1. The summed E-state index contributed by atoms with van der Waals surface area (Å²) in [5, 5.41) is 2.76. The van der Waals surface area contributed by atoms with Crippen LogP contribution in [-0.2, 0) is 9.53 Å². The maximum Gasteiger partial charge on any atom is 0.250 e. The SMILES string of the molecule is COCC(=O)Nc1ccc(OCCN2C[C@H]3CC[C@H]3C2)cc1.Cl. The third-order valence-corrected chi connectivity index (χ3v) is 4.65. The highest BCUT2D eigenvalue weighted by atomic mass is 35.5. The first-order chi connectivity index (χ1) is 10.7. The Morgan fingerprint density at radius 3 is 2.43 bits per heavy atom. The summed E-state index contributed by atoms with van der Waals surface area (Å²) in [6.45, 7) is 4.28. The normalized spacial score (nSPS) is 22.7. The van der Waals surface area contributed by atoms with Crippen LogP contribution in [0.15, 0.2) is 24.3 Å². The quantitative estimate of drug-likeness (QED) is 0.828. The molecule has 6 heteroatoms. The van der Waals surface area contributed by atoms with Crippen LogP contribution >= 0.6 is 12.4 Å². The number of anilines is 1. The number of halogens is 1. The average molecular weight is 341 g/mol. The fourth-order valence-corrected chi connectivity index (χ4v) is 3.29. The molecule has 5 nitrogen and oxygen atoms in total. The van der Waals surface area contributed by atoms with Gasteiger partial charge in [0.1, 0.15) is 19.0 Å². The summed E-state index contributed by atoms with van der Waals surface area (Å²) in [5.41, 5.74) is 0.755. The monoisotopic (exact) mass is 340 g/mol. The molecule has 1 aromatic carbocycles. The second kappa shape index (κ2) is 8.52. The number of methoxy groups -OCH3 is 1. The van der Waals surface area contributed by atoms with Crippen LogP contribution in [0.3, 0.4) is 0 Å². The van der Waals surface area contributed by atoms with E-state index in [-0.39, 0.29) is 24.9 Å². The minimum Gasteiger partial charge on any atom is -0.492 e. The Hall–Kier alpha value is -1.30. The minimum absolute atomic E-state index is 0. The van der Waals surface area contributed by atoms with Crippen molar-refractivity contribution < 1.29 is 14.3 Å². The fourth-order valence-electron chi connectivity index (χ4n) is 3.29. The minimum atomic E-state index is -0.153. The Labute approximate surface area is 143 Å². The zero-order chi connectivity index (χ0) is 15.4. The molecule has 2 aliphatic rings. The molecule has 0 spiro atoms. The second-order valence-electron chi connectivity index (χ2n) is 6.21. The van der Waals surface area contributed by atoms with Crippen molar-refractivity contribution in [1.29, 1.82) is 0 Å². The van der Waals surface area contributed by atoms with Crippen LogP contribution in [0.4, 0.5) is 5.69 Å². The number of hydrogen-bond acceptors (Lipinski definition) is 4. The molecule has 1 aromatic rings.